The molecule has 1 aromatic heterocycles. The number of halogens is 2. The number of nitrogens with zero attached hydrogens (tertiary/aromatic N) is 1. The predicted molar refractivity (Wildman–Crippen MR) is 67.4 cm³/mol. The molecule has 0 unspecified atom stereocenters. The van der Waals surface area contributed by atoms with E-state index < -0.39 is 0 Å². The maximum Gasteiger partial charge on any atom is 0.254 e. The van der Waals surface area contributed by atoms with E-state index in [1.54, 1.807) is 0 Å². The van der Waals surface area contributed by atoms with Gasteiger partial charge in [-0.25, -0.2) is 0 Å². The topological polar surface area (TPSA) is 20.3 Å². The van der Waals surface area contributed by atoms with Crippen LogP contribution in [-0.4, -0.2) is 29.2 Å². The number of carbonyl (C=O) groups is 1. The van der Waals surface area contributed by atoms with Crippen LogP contribution in [0.3, 0.4) is 0 Å². The second-order valence-electron chi connectivity index (χ2n) is 2.71. The number of hydrogen-bond acceptors (Lipinski definition) is 2. The second kappa shape index (κ2) is 5.88. The molecule has 0 radical (unpaired) electrons. The number of alkyl halides is 1. The van der Waals surface area contributed by atoms with Gasteiger partial charge in [0.05, 0.1) is 9.35 Å². The third-order valence-corrected chi connectivity index (χ3v) is 3.70. The van der Waals surface area contributed by atoms with E-state index in [1.807, 2.05) is 23.3 Å². The Morgan fingerprint density at radius 3 is 2.79 bits per heavy atom. The Kier molecular flexibility index (Phi) is 5.12. The first-order chi connectivity index (χ1) is 6.69. The van der Waals surface area contributed by atoms with Crippen LogP contribution in [0.1, 0.15) is 17.3 Å². The summed E-state index contributed by atoms with van der Waals surface area (Å²) in [5, 5.41) is 2.70. The highest BCUT2D eigenvalue weighted by Gasteiger charge is 2.14. The van der Waals surface area contributed by atoms with Gasteiger partial charge in [0, 0.05) is 23.8 Å². The molecule has 14 heavy (non-hydrogen) atoms. The van der Waals surface area contributed by atoms with Crippen molar-refractivity contribution in [2.24, 2.45) is 0 Å². The lowest BCUT2D eigenvalue weighted by Gasteiger charge is -2.18. The molecule has 1 aromatic rings. The van der Waals surface area contributed by atoms with Crippen molar-refractivity contribution in [3.63, 3.8) is 0 Å². The first-order valence-corrected chi connectivity index (χ1v) is 7.07. The molecule has 0 aliphatic heterocycles. The first-order valence-electron chi connectivity index (χ1n) is 4.28. The highest BCUT2D eigenvalue weighted by Crippen LogP contribution is 2.21. The summed E-state index contributed by atoms with van der Waals surface area (Å²) in [6.45, 7) is 3.49. The number of amides is 1. The fourth-order valence-corrected chi connectivity index (χ4v) is 2.67. The van der Waals surface area contributed by atoms with Gasteiger partial charge in [0.1, 0.15) is 0 Å². The summed E-state index contributed by atoms with van der Waals surface area (Å²) in [7, 11) is 0. The number of hydrogen-bond donors (Lipinski definition) is 0. The summed E-state index contributed by atoms with van der Waals surface area (Å²) in [5.41, 5.74) is 0.768. The van der Waals surface area contributed by atoms with E-state index >= 15 is 0 Å². The van der Waals surface area contributed by atoms with Crippen LogP contribution in [0.15, 0.2) is 15.2 Å². The lowest BCUT2D eigenvalue weighted by molar-refractivity contribution is 0.0775. The van der Waals surface area contributed by atoms with Crippen molar-refractivity contribution < 1.29 is 4.79 Å². The van der Waals surface area contributed by atoms with Crippen LogP contribution in [0.4, 0.5) is 0 Å². The molecule has 0 spiro atoms. The normalized spacial score (nSPS) is 10.2. The Morgan fingerprint density at radius 2 is 2.36 bits per heavy atom. The molecule has 5 heteroatoms. The van der Waals surface area contributed by atoms with Crippen LogP contribution >= 0.6 is 43.2 Å². The second-order valence-corrected chi connectivity index (χ2v) is 5.80. The Morgan fingerprint density at radius 1 is 1.64 bits per heavy atom. The number of carbonyl (C=O) groups excluding carboxylic acids is 1. The summed E-state index contributed by atoms with van der Waals surface area (Å²) in [6.07, 6.45) is 0. The molecule has 0 atom stereocenters. The van der Waals surface area contributed by atoms with Crippen molar-refractivity contribution in [3.8, 4) is 0 Å². The van der Waals surface area contributed by atoms with Gasteiger partial charge in [-0.15, -0.1) is 11.3 Å². The van der Waals surface area contributed by atoms with E-state index in [2.05, 4.69) is 31.9 Å². The molecule has 1 rings (SSSR count). The Bertz CT molecular complexity index is 314. The maximum absolute atomic E-state index is 11.9. The highest BCUT2D eigenvalue weighted by molar-refractivity contribution is 9.11. The molecule has 0 aromatic carbocycles. The molecule has 0 aliphatic carbocycles. The Hall–Kier alpha value is 0.130. The molecule has 2 nitrogen and oxygen atoms in total. The lowest BCUT2D eigenvalue weighted by Crippen LogP contribution is -2.32. The van der Waals surface area contributed by atoms with Crippen LogP contribution in [-0.2, 0) is 0 Å². The van der Waals surface area contributed by atoms with Gasteiger partial charge >= 0.3 is 0 Å². The molecule has 0 aliphatic rings. The van der Waals surface area contributed by atoms with E-state index in [4.69, 9.17) is 0 Å². The van der Waals surface area contributed by atoms with Crippen LogP contribution in [0, 0.1) is 0 Å². The van der Waals surface area contributed by atoms with Gasteiger partial charge in [-0.2, -0.15) is 0 Å². The van der Waals surface area contributed by atoms with Crippen LogP contribution in [0.5, 0.6) is 0 Å². The third kappa shape index (κ3) is 3.07. The average Bonchev–Trinajstić information content (AvgIpc) is 2.60. The molecular formula is C9H11Br2NOS. The molecule has 0 saturated carbocycles. The molecule has 1 heterocycles. The van der Waals surface area contributed by atoms with Crippen LogP contribution < -0.4 is 0 Å². The zero-order valence-corrected chi connectivity index (χ0v) is 11.8. The molecule has 0 saturated heterocycles. The van der Waals surface area contributed by atoms with E-state index in [-0.39, 0.29) is 5.91 Å². The maximum atomic E-state index is 11.9. The van der Waals surface area contributed by atoms with Gasteiger partial charge in [-0.1, -0.05) is 15.9 Å². The van der Waals surface area contributed by atoms with E-state index in [1.165, 1.54) is 11.3 Å². The van der Waals surface area contributed by atoms with Crippen molar-refractivity contribution >= 4 is 49.1 Å². The van der Waals surface area contributed by atoms with Gasteiger partial charge < -0.3 is 4.90 Å². The van der Waals surface area contributed by atoms with Crippen LogP contribution in [0.25, 0.3) is 0 Å². The van der Waals surface area contributed by atoms with E-state index in [9.17, 15) is 4.79 Å². The van der Waals surface area contributed by atoms with Crippen molar-refractivity contribution in [2.75, 3.05) is 18.4 Å². The fraction of sp³-hybridized carbons (Fsp3) is 0.444. The molecule has 78 valence electrons. The summed E-state index contributed by atoms with van der Waals surface area (Å²) in [4.78, 5) is 13.7. The van der Waals surface area contributed by atoms with Crippen molar-refractivity contribution in [1.82, 2.24) is 4.90 Å². The summed E-state index contributed by atoms with van der Waals surface area (Å²) >= 11 is 8.22. The van der Waals surface area contributed by atoms with E-state index in [0.717, 1.165) is 27.8 Å². The first kappa shape index (κ1) is 12.2. The molecule has 1 amide bonds. The summed E-state index contributed by atoms with van der Waals surface area (Å²) in [5.74, 6) is 0.105. The smallest absolute Gasteiger partial charge is 0.254 e. The summed E-state index contributed by atoms with van der Waals surface area (Å²) < 4.78 is 0.996. The SMILES string of the molecule is CCN(CCBr)C(=O)c1csc(Br)c1. The molecule has 0 N–H and O–H groups in total. The van der Waals surface area contributed by atoms with Gasteiger partial charge in [-0.05, 0) is 28.9 Å². The lowest BCUT2D eigenvalue weighted by atomic mass is 10.3. The zero-order valence-electron chi connectivity index (χ0n) is 7.80. The minimum atomic E-state index is 0.105. The quantitative estimate of drug-likeness (QED) is 0.769. The minimum Gasteiger partial charge on any atom is -0.338 e. The standard InChI is InChI=1S/C9H11Br2NOS/c1-2-12(4-3-10)9(13)7-5-8(11)14-6-7/h5-6H,2-4H2,1H3. The fourth-order valence-electron chi connectivity index (χ4n) is 1.11. The monoisotopic (exact) mass is 339 g/mol. The summed E-state index contributed by atoms with van der Waals surface area (Å²) in [6, 6.07) is 1.86. The van der Waals surface area contributed by atoms with Crippen LogP contribution in [0.2, 0.25) is 0 Å². The van der Waals surface area contributed by atoms with Gasteiger partial charge in [0.15, 0.2) is 0 Å². The number of rotatable bonds is 4. The van der Waals surface area contributed by atoms with Gasteiger partial charge in [-0.3, -0.25) is 4.79 Å². The number of thiophene rings is 1. The van der Waals surface area contributed by atoms with Gasteiger partial charge in [0.2, 0.25) is 0 Å². The molecule has 0 bridgehead atoms. The largest absolute Gasteiger partial charge is 0.338 e. The Balaban J connectivity index is 2.72. The van der Waals surface area contributed by atoms with Crippen molar-refractivity contribution in [3.05, 3.63) is 20.8 Å². The Labute approximate surface area is 105 Å². The zero-order chi connectivity index (χ0) is 10.6. The highest BCUT2D eigenvalue weighted by atomic mass is 79.9. The minimum absolute atomic E-state index is 0.105. The average molecular weight is 341 g/mol. The van der Waals surface area contributed by atoms with Gasteiger partial charge in [0.25, 0.3) is 5.91 Å². The third-order valence-electron chi connectivity index (χ3n) is 1.84. The van der Waals surface area contributed by atoms with Crippen molar-refractivity contribution in [2.45, 2.75) is 6.92 Å². The van der Waals surface area contributed by atoms with Crippen molar-refractivity contribution in [1.29, 1.82) is 0 Å². The van der Waals surface area contributed by atoms with E-state index in [0.29, 0.717) is 0 Å². The molecule has 0 fully saturated rings. The molecular weight excluding hydrogens is 330 g/mol. The predicted octanol–water partition coefficient (Wildman–Crippen LogP) is 3.37.